The topological polar surface area (TPSA) is 43.8 Å². The van der Waals surface area contributed by atoms with Crippen LogP contribution in [0, 0.1) is 27.7 Å². The van der Waals surface area contributed by atoms with Crippen molar-refractivity contribution in [2.75, 3.05) is 5.73 Å². The minimum atomic E-state index is 0.809. The lowest BCUT2D eigenvalue weighted by atomic mass is 9.98. The second-order valence-electron chi connectivity index (χ2n) is 4.73. The molecular formula is C14H19N3. The predicted molar refractivity (Wildman–Crippen MR) is 72.0 cm³/mol. The Hall–Kier alpha value is -1.77. The molecule has 0 fully saturated rings. The molecule has 17 heavy (non-hydrogen) atoms. The van der Waals surface area contributed by atoms with Gasteiger partial charge in [0.05, 0.1) is 5.69 Å². The molecule has 1 heterocycles. The molecule has 0 bridgehead atoms. The Morgan fingerprint density at radius 1 is 1.12 bits per heavy atom. The summed E-state index contributed by atoms with van der Waals surface area (Å²) in [6.45, 7) is 8.31. The highest BCUT2D eigenvalue weighted by Gasteiger charge is 2.15. The first kappa shape index (κ1) is 11.7. The molecule has 0 spiro atoms. The Morgan fingerprint density at radius 3 is 2.24 bits per heavy atom. The van der Waals surface area contributed by atoms with E-state index < -0.39 is 0 Å². The van der Waals surface area contributed by atoms with Crippen molar-refractivity contribution in [3.05, 3.63) is 34.5 Å². The third-order valence-electron chi connectivity index (χ3n) is 3.38. The maximum absolute atomic E-state index is 6.13. The van der Waals surface area contributed by atoms with Gasteiger partial charge in [-0.05, 0) is 50.5 Å². The van der Waals surface area contributed by atoms with Gasteiger partial charge >= 0.3 is 0 Å². The van der Waals surface area contributed by atoms with E-state index in [-0.39, 0.29) is 0 Å². The van der Waals surface area contributed by atoms with Crippen LogP contribution in [0.2, 0.25) is 0 Å². The lowest BCUT2D eigenvalue weighted by Crippen LogP contribution is -1.97. The van der Waals surface area contributed by atoms with Crippen molar-refractivity contribution >= 4 is 5.69 Å². The monoisotopic (exact) mass is 229 g/mol. The van der Waals surface area contributed by atoms with E-state index in [4.69, 9.17) is 5.73 Å². The van der Waals surface area contributed by atoms with E-state index in [0.717, 1.165) is 16.9 Å². The maximum Gasteiger partial charge on any atom is 0.0978 e. The maximum atomic E-state index is 6.13. The molecular weight excluding hydrogens is 210 g/mol. The van der Waals surface area contributed by atoms with Crippen LogP contribution in [-0.2, 0) is 7.05 Å². The van der Waals surface area contributed by atoms with E-state index >= 15 is 0 Å². The molecule has 0 saturated carbocycles. The number of benzene rings is 1. The van der Waals surface area contributed by atoms with Crippen LogP contribution >= 0.6 is 0 Å². The number of nitrogens with zero attached hydrogens (tertiary/aromatic N) is 2. The average Bonchev–Trinajstić information content (AvgIpc) is 2.45. The van der Waals surface area contributed by atoms with Crippen molar-refractivity contribution < 1.29 is 0 Å². The van der Waals surface area contributed by atoms with Crippen molar-refractivity contribution in [1.29, 1.82) is 0 Å². The third kappa shape index (κ3) is 1.82. The van der Waals surface area contributed by atoms with E-state index in [2.05, 4.69) is 38.9 Å². The Labute approximate surface area is 102 Å². The molecule has 0 aliphatic heterocycles. The van der Waals surface area contributed by atoms with Crippen molar-refractivity contribution in [3.8, 4) is 11.3 Å². The van der Waals surface area contributed by atoms with Gasteiger partial charge in [-0.2, -0.15) is 5.10 Å². The molecule has 0 amide bonds. The first-order valence-corrected chi connectivity index (χ1v) is 5.79. The average molecular weight is 229 g/mol. The quantitative estimate of drug-likeness (QED) is 0.764. The summed E-state index contributed by atoms with van der Waals surface area (Å²) in [4.78, 5) is 0. The molecule has 2 N–H and O–H groups in total. The first-order chi connectivity index (χ1) is 7.91. The zero-order valence-electron chi connectivity index (χ0n) is 11.1. The van der Waals surface area contributed by atoms with Gasteiger partial charge in [-0.1, -0.05) is 6.07 Å². The summed E-state index contributed by atoms with van der Waals surface area (Å²) in [5.74, 6) is 0. The minimum absolute atomic E-state index is 0.809. The van der Waals surface area contributed by atoms with E-state index in [1.165, 1.54) is 22.4 Å². The third-order valence-corrected chi connectivity index (χ3v) is 3.38. The fourth-order valence-electron chi connectivity index (χ4n) is 2.28. The van der Waals surface area contributed by atoms with Crippen LogP contribution in [0.5, 0.6) is 0 Å². The van der Waals surface area contributed by atoms with Crippen LogP contribution < -0.4 is 5.73 Å². The summed E-state index contributed by atoms with van der Waals surface area (Å²) in [5, 5.41) is 4.57. The van der Waals surface area contributed by atoms with Crippen molar-refractivity contribution in [3.63, 3.8) is 0 Å². The lowest BCUT2D eigenvalue weighted by molar-refractivity contribution is 0.741. The molecule has 0 aliphatic rings. The summed E-state index contributed by atoms with van der Waals surface area (Å²) in [7, 11) is 1.96. The van der Waals surface area contributed by atoms with Gasteiger partial charge in [0.1, 0.15) is 0 Å². The van der Waals surface area contributed by atoms with E-state index in [1.54, 1.807) is 0 Å². The van der Waals surface area contributed by atoms with Gasteiger partial charge < -0.3 is 5.73 Å². The first-order valence-electron chi connectivity index (χ1n) is 5.79. The zero-order valence-corrected chi connectivity index (χ0v) is 11.1. The number of aromatic nitrogens is 2. The summed E-state index contributed by atoms with van der Waals surface area (Å²) in [6, 6.07) is 4.15. The molecule has 0 radical (unpaired) electrons. The van der Waals surface area contributed by atoms with Crippen LogP contribution in [0.25, 0.3) is 11.3 Å². The summed E-state index contributed by atoms with van der Waals surface area (Å²) < 4.78 is 1.91. The number of anilines is 1. The second-order valence-corrected chi connectivity index (χ2v) is 4.73. The Balaban J connectivity index is 2.73. The zero-order chi connectivity index (χ0) is 12.7. The molecule has 0 atom stereocenters. The van der Waals surface area contributed by atoms with Gasteiger partial charge in [-0.25, -0.2) is 0 Å². The molecule has 0 unspecified atom stereocenters. The Morgan fingerprint density at radius 2 is 1.76 bits per heavy atom. The van der Waals surface area contributed by atoms with Crippen LogP contribution in [0.15, 0.2) is 12.1 Å². The molecule has 3 heteroatoms. The number of nitrogens with two attached hydrogens (primary N) is 1. The van der Waals surface area contributed by atoms with Crippen LogP contribution in [-0.4, -0.2) is 9.78 Å². The van der Waals surface area contributed by atoms with Crippen LogP contribution in [0.3, 0.4) is 0 Å². The van der Waals surface area contributed by atoms with Crippen molar-refractivity contribution in [2.45, 2.75) is 27.7 Å². The second kappa shape index (κ2) is 3.91. The standard InChI is InChI=1S/C14H19N3/c1-8-6-9(2)13(12(15)7-8)14-10(3)11(4)17(5)16-14/h6-7H,15H2,1-5H3. The molecule has 1 aromatic carbocycles. The number of aryl methyl sites for hydroxylation is 3. The largest absolute Gasteiger partial charge is 0.398 e. The minimum Gasteiger partial charge on any atom is -0.398 e. The Kier molecular flexibility index (Phi) is 2.69. The number of hydrogen-bond acceptors (Lipinski definition) is 2. The van der Waals surface area contributed by atoms with E-state index in [0.29, 0.717) is 0 Å². The van der Waals surface area contributed by atoms with E-state index in [1.807, 2.05) is 17.8 Å². The highest BCUT2D eigenvalue weighted by atomic mass is 15.3. The normalized spacial score (nSPS) is 10.9. The summed E-state index contributed by atoms with van der Waals surface area (Å²) in [5.41, 5.74) is 13.8. The molecule has 90 valence electrons. The summed E-state index contributed by atoms with van der Waals surface area (Å²) in [6.07, 6.45) is 0. The van der Waals surface area contributed by atoms with Crippen LogP contribution in [0.4, 0.5) is 5.69 Å². The number of nitrogen functional groups attached to an aromatic ring is 1. The molecule has 2 aromatic rings. The summed E-state index contributed by atoms with van der Waals surface area (Å²) >= 11 is 0. The molecule has 2 rings (SSSR count). The highest BCUT2D eigenvalue weighted by molar-refractivity contribution is 5.79. The fourth-order valence-corrected chi connectivity index (χ4v) is 2.28. The molecule has 0 saturated heterocycles. The SMILES string of the molecule is Cc1cc(C)c(-c2nn(C)c(C)c2C)c(N)c1. The fraction of sp³-hybridized carbons (Fsp3) is 0.357. The van der Waals surface area contributed by atoms with Gasteiger partial charge in [-0.3, -0.25) is 4.68 Å². The van der Waals surface area contributed by atoms with Crippen molar-refractivity contribution in [2.24, 2.45) is 7.05 Å². The highest BCUT2D eigenvalue weighted by Crippen LogP contribution is 2.32. The predicted octanol–water partition coefficient (Wildman–Crippen LogP) is 2.90. The molecule has 3 nitrogen and oxygen atoms in total. The lowest BCUT2D eigenvalue weighted by Gasteiger charge is -2.09. The van der Waals surface area contributed by atoms with Gasteiger partial charge in [0, 0.05) is 24.0 Å². The van der Waals surface area contributed by atoms with Gasteiger partial charge in [0.15, 0.2) is 0 Å². The Bertz CT molecular complexity index is 556. The molecule has 0 aliphatic carbocycles. The smallest absolute Gasteiger partial charge is 0.0978 e. The number of rotatable bonds is 1. The van der Waals surface area contributed by atoms with Gasteiger partial charge in [0.2, 0.25) is 0 Å². The van der Waals surface area contributed by atoms with Gasteiger partial charge in [-0.15, -0.1) is 0 Å². The molecule has 1 aromatic heterocycles. The van der Waals surface area contributed by atoms with Crippen LogP contribution in [0.1, 0.15) is 22.4 Å². The van der Waals surface area contributed by atoms with Gasteiger partial charge in [0.25, 0.3) is 0 Å². The van der Waals surface area contributed by atoms with Crippen molar-refractivity contribution in [1.82, 2.24) is 9.78 Å². The van der Waals surface area contributed by atoms with E-state index in [9.17, 15) is 0 Å². The number of hydrogen-bond donors (Lipinski definition) is 1.